The van der Waals surface area contributed by atoms with E-state index >= 15 is 0 Å². The van der Waals surface area contributed by atoms with Crippen molar-refractivity contribution in [3.05, 3.63) is 33.4 Å². The molecule has 0 aliphatic carbocycles. The molecule has 0 saturated heterocycles. The Kier molecular flexibility index (Phi) is 1.32. The topological polar surface area (TPSA) is 50.2 Å². The first-order chi connectivity index (χ1) is 5.29. The van der Waals surface area contributed by atoms with Gasteiger partial charge < -0.3 is 4.98 Å². The van der Waals surface area contributed by atoms with Crippen LogP contribution in [0.3, 0.4) is 0 Å². The molecule has 0 atom stereocenters. The third kappa shape index (κ3) is 0.883. The van der Waals surface area contributed by atoms with E-state index in [1.54, 1.807) is 18.6 Å². The van der Waals surface area contributed by atoms with E-state index in [0.29, 0.717) is 9.99 Å². The molecule has 0 unspecified atom stereocenters. The smallest absolute Gasteiger partial charge is 0.275 e. The number of nitrogens with one attached hydrogen (secondary N) is 1. The molecule has 0 radical (unpaired) electrons. The van der Waals surface area contributed by atoms with E-state index in [2.05, 4.69) is 26.0 Å². The van der Waals surface area contributed by atoms with Crippen LogP contribution >= 0.6 is 15.9 Å². The number of fused-ring (bicyclic) bond motifs is 1. The number of rotatable bonds is 0. The predicted molar refractivity (Wildman–Crippen MR) is 43.5 cm³/mol. The van der Waals surface area contributed by atoms with Crippen LogP contribution in [0.15, 0.2) is 27.9 Å². The van der Waals surface area contributed by atoms with Crippen molar-refractivity contribution in [2.24, 2.45) is 0 Å². The fraction of sp³-hybridized carbons (Fsp3) is 0. The van der Waals surface area contributed by atoms with Gasteiger partial charge in [-0.1, -0.05) is 0 Å². The minimum atomic E-state index is -0.142. The highest BCUT2D eigenvalue weighted by atomic mass is 79.9. The number of hydrogen-bond donors (Lipinski definition) is 1. The Bertz CT molecular complexity index is 444. The molecule has 1 N–H and O–H groups in total. The number of aromatic amines is 1. The highest BCUT2D eigenvalue weighted by Crippen LogP contribution is 2.11. The van der Waals surface area contributed by atoms with Crippen molar-refractivity contribution in [3.8, 4) is 0 Å². The number of hydrogen-bond acceptors (Lipinski definition) is 2. The Labute approximate surface area is 70.0 Å². The molecule has 0 spiro atoms. The van der Waals surface area contributed by atoms with E-state index < -0.39 is 0 Å². The summed E-state index contributed by atoms with van der Waals surface area (Å²) in [6.45, 7) is 0. The maximum atomic E-state index is 11.1. The van der Waals surface area contributed by atoms with Crippen molar-refractivity contribution >= 4 is 21.4 Å². The lowest BCUT2D eigenvalue weighted by molar-refractivity contribution is 0.936. The summed E-state index contributed by atoms with van der Waals surface area (Å²) in [6, 6.07) is 0. The molecule has 2 aromatic rings. The Morgan fingerprint density at radius 2 is 2.45 bits per heavy atom. The monoisotopic (exact) mass is 213 g/mol. The average Bonchev–Trinajstić information content (AvgIpc) is 2.34. The third-order valence-corrected chi connectivity index (χ3v) is 1.98. The fourth-order valence-electron chi connectivity index (χ4n) is 0.919. The molecular formula is C6H4BrN3O. The Morgan fingerprint density at radius 1 is 1.64 bits per heavy atom. The van der Waals surface area contributed by atoms with Crippen molar-refractivity contribution in [3.63, 3.8) is 0 Å². The summed E-state index contributed by atoms with van der Waals surface area (Å²) in [5.74, 6) is 0. The summed E-state index contributed by atoms with van der Waals surface area (Å²) in [6.07, 6.45) is 4.82. The molecule has 0 aliphatic rings. The van der Waals surface area contributed by atoms with Crippen LogP contribution in [-0.4, -0.2) is 14.6 Å². The summed E-state index contributed by atoms with van der Waals surface area (Å²) >= 11 is 3.21. The van der Waals surface area contributed by atoms with E-state index in [1.807, 2.05) is 0 Å². The van der Waals surface area contributed by atoms with Crippen LogP contribution in [0, 0.1) is 0 Å². The maximum Gasteiger partial charge on any atom is 0.275 e. The van der Waals surface area contributed by atoms with Gasteiger partial charge in [-0.05, 0) is 15.9 Å². The first-order valence-electron chi connectivity index (χ1n) is 2.99. The molecule has 0 fully saturated rings. The Hall–Kier alpha value is -1.10. The number of halogens is 1. The second-order valence-electron chi connectivity index (χ2n) is 2.07. The minimum absolute atomic E-state index is 0.142. The molecule has 2 heterocycles. The molecule has 4 nitrogen and oxygen atoms in total. The highest BCUT2D eigenvalue weighted by Gasteiger charge is 2.02. The van der Waals surface area contributed by atoms with Gasteiger partial charge >= 0.3 is 0 Å². The van der Waals surface area contributed by atoms with Gasteiger partial charge in [-0.25, -0.2) is 4.52 Å². The molecule has 0 saturated carbocycles. The molecule has 0 bridgehead atoms. The minimum Gasteiger partial charge on any atom is -0.326 e. The van der Waals surface area contributed by atoms with Gasteiger partial charge in [0.15, 0.2) is 0 Å². The third-order valence-electron chi connectivity index (χ3n) is 1.40. The van der Waals surface area contributed by atoms with Gasteiger partial charge in [-0.15, -0.1) is 0 Å². The van der Waals surface area contributed by atoms with E-state index in [0.717, 1.165) is 0 Å². The van der Waals surface area contributed by atoms with E-state index in [-0.39, 0.29) is 5.56 Å². The quantitative estimate of drug-likeness (QED) is 0.704. The molecule has 2 rings (SSSR count). The summed E-state index contributed by atoms with van der Waals surface area (Å²) in [5, 5.41) is 3.93. The molecule has 0 aliphatic heterocycles. The summed E-state index contributed by atoms with van der Waals surface area (Å²) < 4.78 is 2.22. The molecule has 5 heteroatoms. The van der Waals surface area contributed by atoms with Crippen LogP contribution in [0.25, 0.3) is 5.52 Å². The summed E-state index contributed by atoms with van der Waals surface area (Å²) in [5.41, 5.74) is 0.393. The largest absolute Gasteiger partial charge is 0.326 e. The van der Waals surface area contributed by atoms with Crippen LogP contribution in [0.1, 0.15) is 0 Å². The molecule has 11 heavy (non-hydrogen) atoms. The van der Waals surface area contributed by atoms with Crippen LogP contribution in [0.2, 0.25) is 0 Å². The van der Waals surface area contributed by atoms with Crippen molar-refractivity contribution in [1.82, 2.24) is 14.6 Å². The molecular weight excluding hydrogens is 210 g/mol. The zero-order chi connectivity index (χ0) is 7.84. The molecule has 0 amide bonds. The lowest BCUT2D eigenvalue weighted by atomic mass is 10.5. The van der Waals surface area contributed by atoms with Crippen molar-refractivity contribution in [2.45, 2.75) is 0 Å². The summed E-state index contributed by atoms with van der Waals surface area (Å²) in [4.78, 5) is 13.7. The van der Waals surface area contributed by atoms with Gasteiger partial charge in [0.2, 0.25) is 0 Å². The number of aromatic nitrogens is 3. The summed E-state index contributed by atoms with van der Waals surface area (Å²) in [7, 11) is 0. The first kappa shape index (κ1) is 6.60. The zero-order valence-electron chi connectivity index (χ0n) is 5.41. The van der Waals surface area contributed by atoms with Crippen molar-refractivity contribution in [1.29, 1.82) is 0 Å². The molecule has 56 valence electrons. The lowest BCUT2D eigenvalue weighted by Gasteiger charge is -1.88. The van der Waals surface area contributed by atoms with E-state index in [1.165, 1.54) is 4.52 Å². The standard InChI is InChI=1S/C6H4BrN3O/c7-4-3-9-10-2-1-8-6(11)5(4)10/h1-3H,(H,8,11). The predicted octanol–water partition coefficient (Wildman–Crippen LogP) is 0.785. The van der Waals surface area contributed by atoms with Crippen LogP contribution in [0.5, 0.6) is 0 Å². The van der Waals surface area contributed by atoms with E-state index in [9.17, 15) is 4.79 Å². The second-order valence-corrected chi connectivity index (χ2v) is 2.93. The van der Waals surface area contributed by atoms with Gasteiger partial charge in [0.25, 0.3) is 5.56 Å². The second kappa shape index (κ2) is 2.20. The zero-order valence-corrected chi connectivity index (χ0v) is 7.00. The fourth-order valence-corrected chi connectivity index (χ4v) is 1.37. The normalized spacial score (nSPS) is 10.6. The molecule has 2 aromatic heterocycles. The van der Waals surface area contributed by atoms with Gasteiger partial charge in [0, 0.05) is 12.4 Å². The van der Waals surface area contributed by atoms with Crippen molar-refractivity contribution < 1.29 is 0 Å². The van der Waals surface area contributed by atoms with Crippen LogP contribution in [0.4, 0.5) is 0 Å². The van der Waals surface area contributed by atoms with Crippen molar-refractivity contribution in [2.75, 3.05) is 0 Å². The van der Waals surface area contributed by atoms with Crippen LogP contribution in [-0.2, 0) is 0 Å². The van der Waals surface area contributed by atoms with E-state index in [4.69, 9.17) is 0 Å². The Morgan fingerprint density at radius 3 is 3.18 bits per heavy atom. The first-order valence-corrected chi connectivity index (χ1v) is 3.79. The Balaban J connectivity index is 3.08. The average molecular weight is 214 g/mol. The lowest BCUT2D eigenvalue weighted by Crippen LogP contribution is -2.08. The molecule has 0 aromatic carbocycles. The van der Waals surface area contributed by atoms with Crippen LogP contribution < -0.4 is 5.56 Å². The van der Waals surface area contributed by atoms with Gasteiger partial charge in [-0.3, -0.25) is 4.79 Å². The van der Waals surface area contributed by atoms with Gasteiger partial charge in [-0.2, -0.15) is 5.10 Å². The van der Waals surface area contributed by atoms with Gasteiger partial charge in [0.1, 0.15) is 5.52 Å². The number of H-pyrrole nitrogens is 1. The maximum absolute atomic E-state index is 11.1. The highest BCUT2D eigenvalue weighted by molar-refractivity contribution is 9.10. The van der Waals surface area contributed by atoms with Gasteiger partial charge in [0.05, 0.1) is 10.7 Å². The number of nitrogens with zero attached hydrogens (tertiary/aromatic N) is 2. The SMILES string of the molecule is O=c1[nH]ccn2ncc(Br)c12.